The van der Waals surface area contributed by atoms with Gasteiger partial charge in [0.15, 0.2) is 0 Å². The second-order valence-electron chi connectivity index (χ2n) is 7.82. The number of carbonyl (C=O) groups excluding carboxylic acids is 2. The lowest BCUT2D eigenvalue weighted by molar-refractivity contribution is -0.131. The molecule has 0 radical (unpaired) electrons. The average Bonchev–Trinajstić information content (AvgIpc) is 2.67. The SMILES string of the molecule is CCCCCCCCNC(=O)C1(C)CC(c2ccc(C)cc2)=C(C#N)C(=O)N1. The van der Waals surface area contributed by atoms with Crippen LogP contribution in [0.1, 0.15) is 69.9 Å². The molecular formula is C23H31N3O2. The van der Waals surface area contributed by atoms with Gasteiger partial charge >= 0.3 is 0 Å². The molecule has 5 heteroatoms. The van der Waals surface area contributed by atoms with Gasteiger partial charge < -0.3 is 10.6 Å². The number of nitriles is 1. The van der Waals surface area contributed by atoms with E-state index in [0.29, 0.717) is 18.5 Å². The monoisotopic (exact) mass is 381 g/mol. The molecule has 28 heavy (non-hydrogen) atoms. The molecule has 0 fully saturated rings. The summed E-state index contributed by atoms with van der Waals surface area (Å²) in [6, 6.07) is 9.69. The normalized spacial score (nSPS) is 19.1. The first kappa shape index (κ1) is 21.7. The Kier molecular flexibility index (Phi) is 7.80. The van der Waals surface area contributed by atoms with Crippen LogP contribution in [0.2, 0.25) is 0 Å². The summed E-state index contributed by atoms with van der Waals surface area (Å²) >= 11 is 0. The van der Waals surface area contributed by atoms with Crippen molar-refractivity contribution in [2.24, 2.45) is 0 Å². The van der Waals surface area contributed by atoms with E-state index in [0.717, 1.165) is 24.0 Å². The summed E-state index contributed by atoms with van der Waals surface area (Å²) < 4.78 is 0. The molecule has 150 valence electrons. The number of aryl methyl sites for hydroxylation is 1. The van der Waals surface area contributed by atoms with Crippen LogP contribution in [0.25, 0.3) is 5.57 Å². The Hall–Kier alpha value is -2.61. The maximum Gasteiger partial charge on any atom is 0.263 e. The van der Waals surface area contributed by atoms with E-state index >= 15 is 0 Å². The highest BCUT2D eigenvalue weighted by atomic mass is 16.2. The molecule has 1 aliphatic heterocycles. The summed E-state index contributed by atoms with van der Waals surface area (Å²) in [5.74, 6) is -0.683. The standard InChI is InChI=1S/C23H31N3O2/c1-4-5-6-7-8-9-14-25-22(28)23(3)15-19(20(16-24)21(27)26-23)18-12-10-17(2)11-13-18/h10-13H,4-9,14-15H2,1-3H3,(H,25,28)(H,26,27). The average molecular weight is 382 g/mol. The van der Waals surface area contributed by atoms with Crippen LogP contribution in [0.4, 0.5) is 0 Å². The van der Waals surface area contributed by atoms with Gasteiger partial charge in [-0.05, 0) is 31.4 Å². The van der Waals surface area contributed by atoms with Crippen LogP contribution in [0.3, 0.4) is 0 Å². The zero-order valence-electron chi connectivity index (χ0n) is 17.2. The maximum atomic E-state index is 12.8. The highest BCUT2D eigenvalue weighted by Crippen LogP contribution is 2.32. The number of nitrogens with zero attached hydrogens (tertiary/aromatic N) is 1. The minimum Gasteiger partial charge on any atom is -0.354 e. The predicted molar refractivity (Wildman–Crippen MR) is 111 cm³/mol. The molecule has 1 atom stereocenters. The molecule has 1 aliphatic rings. The van der Waals surface area contributed by atoms with Gasteiger partial charge in [0.05, 0.1) is 0 Å². The molecular weight excluding hydrogens is 350 g/mol. The zero-order chi connectivity index (χ0) is 20.6. The van der Waals surface area contributed by atoms with Crippen molar-refractivity contribution in [1.29, 1.82) is 5.26 Å². The summed E-state index contributed by atoms with van der Waals surface area (Å²) in [6.45, 7) is 6.50. The molecule has 0 aromatic heterocycles. The number of rotatable bonds is 9. The Morgan fingerprint density at radius 1 is 1.18 bits per heavy atom. The highest BCUT2D eigenvalue weighted by molar-refractivity contribution is 6.10. The van der Waals surface area contributed by atoms with E-state index < -0.39 is 11.4 Å². The van der Waals surface area contributed by atoms with E-state index in [9.17, 15) is 14.9 Å². The van der Waals surface area contributed by atoms with E-state index in [1.54, 1.807) is 6.92 Å². The largest absolute Gasteiger partial charge is 0.354 e. The van der Waals surface area contributed by atoms with Gasteiger partial charge in [0.1, 0.15) is 17.2 Å². The Morgan fingerprint density at radius 2 is 1.82 bits per heavy atom. The molecule has 0 saturated heterocycles. The van der Waals surface area contributed by atoms with Crippen molar-refractivity contribution in [1.82, 2.24) is 10.6 Å². The fourth-order valence-corrected chi connectivity index (χ4v) is 3.50. The number of nitrogens with one attached hydrogen (secondary N) is 2. The molecule has 1 unspecified atom stereocenters. The number of hydrogen-bond donors (Lipinski definition) is 2. The fourth-order valence-electron chi connectivity index (χ4n) is 3.50. The van der Waals surface area contributed by atoms with Crippen molar-refractivity contribution in [3.63, 3.8) is 0 Å². The minimum absolute atomic E-state index is 0.0880. The Balaban J connectivity index is 2.04. The van der Waals surface area contributed by atoms with Gasteiger partial charge in [-0.25, -0.2) is 0 Å². The van der Waals surface area contributed by atoms with Crippen LogP contribution in [-0.4, -0.2) is 23.9 Å². The van der Waals surface area contributed by atoms with Crippen molar-refractivity contribution >= 4 is 17.4 Å². The Labute approximate surface area is 168 Å². The van der Waals surface area contributed by atoms with Gasteiger partial charge in [0.2, 0.25) is 5.91 Å². The van der Waals surface area contributed by atoms with E-state index in [-0.39, 0.29) is 11.5 Å². The molecule has 2 rings (SSSR count). The third kappa shape index (κ3) is 5.45. The second kappa shape index (κ2) is 10.1. The predicted octanol–water partition coefficient (Wildman–Crippen LogP) is 4.03. The summed E-state index contributed by atoms with van der Waals surface area (Å²) in [7, 11) is 0. The molecule has 0 spiro atoms. The third-order valence-corrected chi connectivity index (χ3v) is 5.28. The van der Waals surface area contributed by atoms with Crippen LogP contribution in [-0.2, 0) is 9.59 Å². The summed E-state index contributed by atoms with van der Waals surface area (Å²) in [6.07, 6.45) is 7.22. The van der Waals surface area contributed by atoms with Crippen LogP contribution in [0.5, 0.6) is 0 Å². The van der Waals surface area contributed by atoms with Crippen LogP contribution < -0.4 is 10.6 Å². The molecule has 1 aromatic rings. The van der Waals surface area contributed by atoms with Gasteiger partial charge in [-0.3, -0.25) is 9.59 Å². The Morgan fingerprint density at radius 3 is 2.46 bits per heavy atom. The van der Waals surface area contributed by atoms with Gasteiger partial charge in [-0.2, -0.15) is 5.26 Å². The van der Waals surface area contributed by atoms with E-state index in [1.165, 1.54) is 25.7 Å². The van der Waals surface area contributed by atoms with Crippen molar-refractivity contribution in [2.75, 3.05) is 6.54 Å². The van der Waals surface area contributed by atoms with Crippen LogP contribution >= 0.6 is 0 Å². The summed E-state index contributed by atoms with van der Waals surface area (Å²) in [4.78, 5) is 25.3. The third-order valence-electron chi connectivity index (χ3n) is 5.28. The van der Waals surface area contributed by atoms with Crippen molar-refractivity contribution in [3.8, 4) is 6.07 Å². The minimum atomic E-state index is -1.06. The number of hydrogen-bond acceptors (Lipinski definition) is 3. The van der Waals surface area contributed by atoms with E-state index in [1.807, 2.05) is 37.3 Å². The Bertz CT molecular complexity index is 774. The maximum absolute atomic E-state index is 12.8. The molecule has 5 nitrogen and oxygen atoms in total. The van der Waals surface area contributed by atoms with E-state index in [2.05, 4.69) is 17.6 Å². The number of benzene rings is 1. The van der Waals surface area contributed by atoms with Crippen molar-refractivity contribution in [3.05, 3.63) is 41.0 Å². The molecule has 0 saturated carbocycles. The molecule has 1 heterocycles. The van der Waals surface area contributed by atoms with Crippen molar-refractivity contribution in [2.45, 2.75) is 71.3 Å². The van der Waals surface area contributed by atoms with E-state index in [4.69, 9.17) is 0 Å². The zero-order valence-corrected chi connectivity index (χ0v) is 17.2. The molecule has 0 bridgehead atoms. The van der Waals surface area contributed by atoms with Gasteiger partial charge in [-0.15, -0.1) is 0 Å². The molecule has 2 N–H and O–H groups in total. The molecule has 1 aromatic carbocycles. The van der Waals surface area contributed by atoms with Gasteiger partial charge in [-0.1, -0.05) is 68.9 Å². The summed E-state index contributed by atoms with van der Waals surface area (Å²) in [5, 5.41) is 15.2. The fraction of sp³-hybridized carbons (Fsp3) is 0.522. The molecule has 2 amide bonds. The first-order valence-corrected chi connectivity index (χ1v) is 10.2. The lowest BCUT2D eigenvalue weighted by atomic mass is 9.82. The van der Waals surface area contributed by atoms with Gasteiger partial charge in [0, 0.05) is 13.0 Å². The lowest BCUT2D eigenvalue weighted by Gasteiger charge is -2.34. The number of amides is 2. The topological polar surface area (TPSA) is 82.0 Å². The second-order valence-corrected chi connectivity index (χ2v) is 7.82. The lowest BCUT2D eigenvalue weighted by Crippen LogP contribution is -2.59. The quantitative estimate of drug-likeness (QED) is 0.634. The smallest absolute Gasteiger partial charge is 0.263 e. The van der Waals surface area contributed by atoms with Crippen molar-refractivity contribution < 1.29 is 9.59 Å². The van der Waals surface area contributed by atoms with Crippen LogP contribution in [0.15, 0.2) is 29.8 Å². The highest BCUT2D eigenvalue weighted by Gasteiger charge is 2.41. The molecule has 0 aliphatic carbocycles. The first-order valence-electron chi connectivity index (χ1n) is 10.2. The number of carbonyl (C=O) groups is 2. The summed E-state index contributed by atoms with van der Waals surface area (Å²) in [5.41, 5.74) is 1.57. The number of unbranched alkanes of at least 4 members (excludes halogenated alkanes) is 5. The first-order chi connectivity index (χ1) is 13.4. The van der Waals surface area contributed by atoms with Gasteiger partial charge in [0.25, 0.3) is 5.91 Å². The van der Waals surface area contributed by atoms with Crippen LogP contribution in [0, 0.1) is 18.3 Å².